The highest BCUT2D eigenvalue weighted by molar-refractivity contribution is 5.96. The highest BCUT2D eigenvalue weighted by atomic mass is 16.4. The van der Waals surface area contributed by atoms with Crippen LogP contribution in [0.25, 0.3) is 10.9 Å². The lowest BCUT2D eigenvalue weighted by molar-refractivity contribution is -0.142. The van der Waals surface area contributed by atoms with Crippen LogP contribution in [0, 0.1) is 11.8 Å². The highest BCUT2D eigenvalue weighted by Crippen LogP contribution is 2.19. The summed E-state index contributed by atoms with van der Waals surface area (Å²) in [6.07, 6.45) is 1.39. The summed E-state index contributed by atoms with van der Waals surface area (Å²) >= 11 is 0. The Bertz CT molecular complexity index is 1160. The van der Waals surface area contributed by atoms with Crippen molar-refractivity contribution < 1.29 is 29.1 Å². The Hall–Kier alpha value is -3.93. The van der Waals surface area contributed by atoms with E-state index in [2.05, 4.69) is 20.9 Å². The third-order valence-corrected chi connectivity index (χ3v) is 6.11. The Labute approximate surface area is 221 Å². The molecule has 4 amide bonds. The number of rotatable bonds is 14. The van der Waals surface area contributed by atoms with Crippen molar-refractivity contribution in [2.24, 2.45) is 23.3 Å². The predicted molar refractivity (Wildman–Crippen MR) is 142 cm³/mol. The van der Waals surface area contributed by atoms with E-state index in [1.54, 1.807) is 20.0 Å². The molecule has 0 aliphatic carbocycles. The number of carboxylic acid groups (broad SMARTS) is 1. The topological polar surface area (TPSA) is 209 Å². The normalized spacial score (nSPS) is 14.5. The number of aromatic amines is 1. The number of para-hydroxylation sites is 1. The zero-order valence-corrected chi connectivity index (χ0v) is 22.1. The lowest BCUT2D eigenvalue weighted by Crippen LogP contribution is -2.58. The van der Waals surface area contributed by atoms with Crippen molar-refractivity contribution in [1.29, 1.82) is 0 Å². The minimum atomic E-state index is -1.35. The number of hydrogen-bond acceptors (Lipinski definition) is 6. The van der Waals surface area contributed by atoms with Crippen molar-refractivity contribution in [3.8, 4) is 0 Å². The molecule has 12 heteroatoms. The molecule has 2 rings (SSSR count). The molecule has 208 valence electrons. The van der Waals surface area contributed by atoms with Crippen LogP contribution in [0.1, 0.15) is 46.1 Å². The molecule has 0 radical (unpaired) electrons. The summed E-state index contributed by atoms with van der Waals surface area (Å²) in [4.78, 5) is 65.3. The minimum absolute atomic E-state index is 0.0148. The molecule has 0 aliphatic heterocycles. The first-order chi connectivity index (χ1) is 17.8. The fourth-order valence-electron chi connectivity index (χ4n) is 3.95. The number of carbonyl (C=O) groups is 5. The van der Waals surface area contributed by atoms with Crippen molar-refractivity contribution in [3.05, 3.63) is 36.0 Å². The average molecular weight is 531 g/mol. The smallest absolute Gasteiger partial charge is 0.326 e. The van der Waals surface area contributed by atoms with Gasteiger partial charge in [-0.15, -0.1) is 0 Å². The fourth-order valence-corrected chi connectivity index (χ4v) is 3.95. The van der Waals surface area contributed by atoms with Gasteiger partial charge in [0.05, 0.1) is 12.5 Å². The molecule has 0 aliphatic rings. The van der Waals surface area contributed by atoms with Gasteiger partial charge in [-0.2, -0.15) is 0 Å². The van der Waals surface area contributed by atoms with E-state index in [0.717, 1.165) is 10.9 Å². The Morgan fingerprint density at radius 2 is 1.47 bits per heavy atom. The van der Waals surface area contributed by atoms with Crippen LogP contribution in [0.3, 0.4) is 0 Å². The van der Waals surface area contributed by atoms with Gasteiger partial charge in [0, 0.05) is 23.5 Å². The zero-order chi connectivity index (χ0) is 28.6. The van der Waals surface area contributed by atoms with Crippen LogP contribution in [0.15, 0.2) is 30.5 Å². The Morgan fingerprint density at radius 3 is 2.05 bits per heavy atom. The second-order valence-corrected chi connectivity index (χ2v) is 10.2. The number of nitrogens with two attached hydrogens (primary N) is 2. The van der Waals surface area contributed by atoms with Crippen LogP contribution in [0.2, 0.25) is 0 Å². The van der Waals surface area contributed by atoms with Crippen LogP contribution in [-0.2, 0) is 30.4 Å². The lowest BCUT2D eigenvalue weighted by atomic mass is 10.00. The number of hydrogen-bond donors (Lipinski definition) is 7. The summed E-state index contributed by atoms with van der Waals surface area (Å²) < 4.78 is 0. The van der Waals surface area contributed by atoms with Gasteiger partial charge in [0.1, 0.15) is 18.1 Å². The largest absolute Gasteiger partial charge is 0.480 e. The number of carbonyl (C=O) groups excluding carboxylic acids is 4. The van der Waals surface area contributed by atoms with Crippen molar-refractivity contribution in [2.75, 3.05) is 0 Å². The molecule has 0 spiro atoms. The second kappa shape index (κ2) is 13.6. The molecule has 0 bridgehead atoms. The van der Waals surface area contributed by atoms with E-state index < -0.39 is 60.2 Å². The lowest BCUT2D eigenvalue weighted by Gasteiger charge is -2.26. The average Bonchev–Trinajstić information content (AvgIpc) is 3.24. The van der Waals surface area contributed by atoms with Crippen LogP contribution < -0.4 is 27.4 Å². The fraction of sp³-hybridized carbons (Fsp3) is 0.500. The summed E-state index contributed by atoms with van der Waals surface area (Å²) in [6.45, 7) is 7.12. The Balaban J connectivity index is 2.19. The third-order valence-electron chi connectivity index (χ3n) is 6.11. The molecular weight excluding hydrogens is 492 g/mol. The molecule has 0 saturated heterocycles. The molecule has 2 aromatic rings. The molecule has 4 unspecified atom stereocenters. The standard InChI is InChI=1S/C26H38N6O6/c1-13(2)9-18(30-24(35)19(11-21(27)33)31-25(36)22(28)14(3)4)23(34)32-20(26(37)38)10-15-12-29-17-8-6-5-7-16(15)17/h5-8,12-14,18-20,22,29H,9-11,28H2,1-4H3,(H2,27,33)(H,30,35)(H,31,36)(H,32,34)(H,37,38). The Morgan fingerprint density at radius 1 is 0.895 bits per heavy atom. The molecule has 1 aromatic carbocycles. The van der Waals surface area contributed by atoms with E-state index in [1.165, 1.54) is 0 Å². The maximum Gasteiger partial charge on any atom is 0.326 e. The van der Waals surface area contributed by atoms with E-state index >= 15 is 0 Å². The van der Waals surface area contributed by atoms with Crippen LogP contribution in [0.4, 0.5) is 0 Å². The number of aromatic nitrogens is 1. The monoisotopic (exact) mass is 530 g/mol. The number of benzene rings is 1. The van der Waals surface area contributed by atoms with Crippen LogP contribution in [-0.4, -0.2) is 63.9 Å². The molecule has 4 atom stereocenters. The van der Waals surface area contributed by atoms with Crippen molar-refractivity contribution >= 4 is 40.5 Å². The first-order valence-corrected chi connectivity index (χ1v) is 12.5. The minimum Gasteiger partial charge on any atom is -0.480 e. The number of aliphatic carboxylic acids is 1. The number of nitrogens with one attached hydrogen (secondary N) is 4. The van der Waals surface area contributed by atoms with E-state index in [-0.39, 0.29) is 24.7 Å². The summed E-state index contributed by atoms with van der Waals surface area (Å²) in [6, 6.07) is 2.72. The van der Waals surface area contributed by atoms with Gasteiger partial charge in [-0.25, -0.2) is 4.79 Å². The number of fused-ring (bicyclic) bond motifs is 1. The van der Waals surface area contributed by atoms with Gasteiger partial charge in [0.15, 0.2) is 0 Å². The van der Waals surface area contributed by atoms with Crippen molar-refractivity contribution in [1.82, 2.24) is 20.9 Å². The second-order valence-electron chi connectivity index (χ2n) is 10.2. The van der Waals surface area contributed by atoms with Gasteiger partial charge in [0.25, 0.3) is 0 Å². The van der Waals surface area contributed by atoms with Crippen LogP contribution in [0.5, 0.6) is 0 Å². The number of carboxylic acids is 1. The zero-order valence-electron chi connectivity index (χ0n) is 22.1. The summed E-state index contributed by atoms with van der Waals surface area (Å²) in [5, 5.41) is 18.1. The molecule has 0 saturated carbocycles. The summed E-state index contributed by atoms with van der Waals surface area (Å²) in [5.74, 6) is -4.51. The van der Waals surface area contributed by atoms with E-state index in [4.69, 9.17) is 11.5 Å². The van der Waals surface area contributed by atoms with Gasteiger partial charge >= 0.3 is 5.97 Å². The van der Waals surface area contributed by atoms with Crippen LogP contribution >= 0.6 is 0 Å². The van der Waals surface area contributed by atoms with Gasteiger partial charge in [-0.05, 0) is 29.9 Å². The predicted octanol–water partition coefficient (Wildman–Crippen LogP) is 0.154. The quantitative estimate of drug-likeness (QED) is 0.180. The summed E-state index contributed by atoms with van der Waals surface area (Å²) in [5.41, 5.74) is 12.7. The highest BCUT2D eigenvalue weighted by Gasteiger charge is 2.32. The SMILES string of the molecule is CC(C)CC(NC(=O)C(CC(N)=O)NC(=O)C(N)C(C)C)C(=O)NC(Cc1c[nH]c2ccccc12)C(=O)O. The van der Waals surface area contributed by atoms with Gasteiger partial charge in [-0.1, -0.05) is 45.9 Å². The molecule has 0 fully saturated rings. The van der Waals surface area contributed by atoms with Crippen molar-refractivity contribution in [3.63, 3.8) is 0 Å². The van der Waals surface area contributed by atoms with Gasteiger partial charge in [0.2, 0.25) is 23.6 Å². The van der Waals surface area contributed by atoms with Crippen molar-refractivity contribution in [2.45, 2.75) is 71.1 Å². The molecule has 1 heterocycles. The molecule has 12 nitrogen and oxygen atoms in total. The number of primary amides is 1. The molecular formula is C26H38N6O6. The van der Waals surface area contributed by atoms with E-state index in [0.29, 0.717) is 5.56 Å². The first-order valence-electron chi connectivity index (χ1n) is 12.5. The maximum absolute atomic E-state index is 13.2. The number of amides is 4. The molecule has 38 heavy (non-hydrogen) atoms. The van der Waals surface area contributed by atoms with E-state index in [1.807, 2.05) is 38.1 Å². The first kappa shape index (κ1) is 30.3. The molecule has 9 N–H and O–H groups in total. The number of H-pyrrole nitrogens is 1. The Kier molecular flexibility index (Phi) is 10.8. The molecule has 1 aromatic heterocycles. The summed E-state index contributed by atoms with van der Waals surface area (Å²) in [7, 11) is 0. The van der Waals surface area contributed by atoms with Gasteiger partial charge < -0.3 is 37.5 Å². The van der Waals surface area contributed by atoms with E-state index in [9.17, 15) is 29.1 Å². The maximum atomic E-state index is 13.2. The van der Waals surface area contributed by atoms with Gasteiger partial charge in [-0.3, -0.25) is 19.2 Å². The third kappa shape index (κ3) is 8.58.